The highest BCUT2D eigenvalue weighted by Gasteiger charge is 2.79. The van der Waals surface area contributed by atoms with Gasteiger partial charge in [0.1, 0.15) is 0 Å². The Morgan fingerprint density at radius 1 is 0.864 bits per heavy atom. The lowest BCUT2D eigenvalue weighted by Crippen LogP contribution is -2.67. The molecule has 2 bridgehead atoms. The minimum atomic E-state index is -0.547. The number of ether oxygens (including phenoxy) is 1. The van der Waals surface area contributed by atoms with Gasteiger partial charge in [-0.05, 0) is 116 Å². The van der Waals surface area contributed by atoms with E-state index in [0.717, 1.165) is 62.1 Å². The number of nitrogens with zero attached hydrogens (tertiary/aromatic N) is 1. The van der Waals surface area contributed by atoms with E-state index in [-0.39, 0.29) is 33.2 Å². The zero-order valence-corrected chi connectivity index (χ0v) is 38.2. The van der Waals surface area contributed by atoms with E-state index in [1.54, 1.807) is 0 Å². The predicted molar refractivity (Wildman–Crippen MR) is 243 cm³/mol. The molecule has 0 amide bonds. The van der Waals surface area contributed by atoms with E-state index >= 15 is 0 Å². The Kier molecular flexibility index (Phi) is 13.7. The van der Waals surface area contributed by atoms with Gasteiger partial charge in [0.25, 0.3) is 0 Å². The number of benzene rings is 2. The third kappa shape index (κ3) is 8.94. The minimum Gasteiger partial charge on any atom is -0.516 e. The molecule has 4 aliphatic carbocycles. The zero-order valence-electron chi connectivity index (χ0n) is 38.2. The molecule has 4 fully saturated rings. The standard InChI is InChI=1S/C54H81NO4/c1-7-8-9-10-11-12-13-14-15-16-17-18-19-20-21-22-41-25-27-43(28-26-41)48(58)59-45-30-29-44-35-52-38-53(33-34-56,46(44)47(45)57)54(49(52)55(39-52)36-42-23-24-42)32-31-51(6,37-54)40(2)50(3,4)5/h25-30,33-34,40,42,49,56-57H,7-24,31-32,35-39H2,1-6H3/b34-33+. The minimum absolute atomic E-state index is 0.0838. The number of likely N-dealkylation sites (tertiary alicyclic amines) is 1. The summed E-state index contributed by atoms with van der Waals surface area (Å²) in [5.74, 6) is 1.18. The predicted octanol–water partition coefficient (Wildman–Crippen LogP) is 14.2. The number of aryl methyl sites for hydroxylation is 1. The fourth-order valence-corrected chi connectivity index (χ4v) is 13.5. The number of aliphatic hydroxyl groups excluding tert-OH is 1. The summed E-state index contributed by atoms with van der Waals surface area (Å²) in [4.78, 5) is 16.5. The quantitative estimate of drug-likeness (QED) is 0.0537. The van der Waals surface area contributed by atoms with Crippen LogP contribution in [0, 0.1) is 33.5 Å². The molecule has 6 unspecified atom stereocenters. The molecule has 1 heterocycles. The summed E-state index contributed by atoms with van der Waals surface area (Å²) < 4.78 is 6.10. The maximum atomic E-state index is 13.7. The Balaban J connectivity index is 0.973. The van der Waals surface area contributed by atoms with Crippen LogP contribution in [-0.4, -0.2) is 40.2 Å². The van der Waals surface area contributed by atoms with E-state index in [2.05, 4.69) is 70.7 Å². The molecule has 5 heteroatoms. The molecule has 1 aliphatic heterocycles. The largest absolute Gasteiger partial charge is 0.516 e. The molecule has 5 nitrogen and oxygen atoms in total. The second-order valence-electron chi connectivity index (χ2n) is 22.1. The number of aliphatic hydroxyl groups is 1. The van der Waals surface area contributed by atoms with Gasteiger partial charge in [0.2, 0.25) is 0 Å². The number of carbonyl (C=O) groups excluding carboxylic acids is 1. The van der Waals surface area contributed by atoms with Crippen LogP contribution in [0.5, 0.6) is 11.5 Å². The Hall–Kier alpha value is -2.79. The fraction of sp³-hybridized carbons (Fsp3) is 0.722. The van der Waals surface area contributed by atoms with Crippen molar-refractivity contribution >= 4 is 5.97 Å². The van der Waals surface area contributed by atoms with Crippen molar-refractivity contribution in [2.24, 2.45) is 33.5 Å². The summed E-state index contributed by atoms with van der Waals surface area (Å²) in [5.41, 5.74) is 3.54. The van der Waals surface area contributed by atoms with Crippen molar-refractivity contribution in [3.8, 4) is 11.5 Å². The highest BCUT2D eigenvalue weighted by molar-refractivity contribution is 5.91. The van der Waals surface area contributed by atoms with Crippen molar-refractivity contribution in [3.63, 3.8) is 0 Å². The van der Waals surface area contributed by atoms with Gasteiger partial charge in [-0.1, -0.05) is 150 Å². The molecule has 59 heavy (non-hydrogen) atoms. The van der Waals surface area contributed by atoms with E-state index in [1.807, 2.05) is 18.2 Å². The van der Waals surface area contributed by atoms with E-state index in [0.29, 0.717) is 17.5 Å². The number of fused-ring (bicyclic) bond motifs is 5. The summed E-state index contributed by atoms with van der Waals surface area (Å²) in [5, 5.41) is 23.1. The van der Waals surface area contributed by atoms with Crippen molar-refractivity contribution in [1.29, 1.82) is 0 Å². The van der Waals surface area contributed by atoms with Gasteiger partial charge >= 0.3 is 5.97 Å². The molecule has 0 radical (unpaired) electrons. The number of aromatic hydroxyl groups is 1. The lowest BCUT2D eigenvalue weighted by molar-refractivity contribution is -0.104. The Morgan fingerprint density at radius 3 is 2.05 bits per heavy atom. The topological polar surface area (TPSA) is 70.0 Å². The maximum Gasteiger partial charge on any atom is 0.343 e. The summed E-state index contributed by atoms with van der Waals surface area (Å²) in [6.07, 6.45) is 32.6. The van der Waals surface area contributed by atoms with E-state index in [4.69, 9.17) is 4.74 Å². The number of rotatable bonds is 22. The van der Waals surface area contributed by atoms with Crippen LogP contribution in [-0.2, 0) is 18.3 Å². The second kappa shape index (κ2) is 18.3. The van der Waals surface area contributed by atoms with Crippen LogP contribution >= 0.6 is 0 Å². The van der Waals surface area contributed by atoms with Crippen molar-refractivity contribution in [3.05, 3.63) is 71.0 Å². The van der Waals surface area contributed by atoms with Gasteiger partial charge in [0.15, 0.2) is 11.5 Å². The third-order valence-electron chi connectivity index (χ3n) is 16.9. The van der Waals surface area contributed by atoms with Gasteiger partial charge in [-0.3, -0.25) is 4.90 Å². The van der Waals surface area contributed by atoms with Crippen molar-refractivity contribution in [2.75, 3.05) is 13.1 Å². The summed E-state index contributed by atoms with van der Waals surface area (Å²) in [6, 6.07) is 12.2. The number of allylic oxidation sites excluding steroid dienone is 1. The monoisotopic (exact) mass is 808 g/mol. The molecule has 3 saturated carbocycles. The normalized spacial score (nSPS) is 29.2. The molecule has 326 valence electrons. The van der Waals surface area contributed by atoms with Crippen LogP contribution in [0.3, 0.4) is 0 Å². The number of phenolic OH excluding ortho intramolecular Hbond substituents is 1. The Morgan fingerprint density at radius 2 is 1.47 bits per heavy atom. The van der Waals surface area contributed by atoms with Crippen LogP contribution < -0.4 is 4.74 Å². The van der Waals surface area contributed by atoms with E-state index in [9.17, 15) is 15.0 Å². The number of unbranched alkanes of at least 4 members (excludes halogenated alkanes) is 14. The van der Waals surface area contributed by atoms with Gasteiger partial charge in [0, 0.05) is 40.9 Å². The first-order chi connectivity index (χ1) is 28.3. The molecular formula is C54H81NO4. The number of esters is 1. The summed E-state index contributed by atoms with van der Waals surface area (Å²) >= 11 is 0. The summed E-state index contributed by atoms with van der Waals surface area (Å²) in [7, 11) is 0. The van der Waals surface area contributed by atoms with Gasteiger partial charge in [0.05, 0.1) is 11.8 Å². The van der Waals surface area contributed by atoms with Crippen LogP contribution in [0.2, 0.25) is 0 Å². The third-order valence-corrected chi connectivity index (χ3v) is 16.9. The Bertz CT molecular complexity index is 1750. The second-order valence-corrected chi connectivity index (χ2v) is 22.1. The van der Waals surface area contributed by atoms with E-state index in [1.165, 1.54) is 128 Å². The first-order valence-electron chi connectivity index (χ1n) is 24.5. The van der Waals surface area contributed by atoms with E-state index < -0.39 is 11.4 Å². The lowest BCUT2D eigenvalue weighted by atomic mass is 9.56. The molecule has 2 aromatic rings. The van der Waals surface area contributed by atoms with Crippen LogP contribution in [0.1, 0.15) is 203 Å². The molecule has 0 aromatic heterocycles. The maximum absolute atomic E-state index is 13.7. The van der Waals surface area contributed by atoms with Crippen LogP contribution in [0.25, 0.3) is 0 Å². The first-order valence-corrected chi connectivity index (χ1v) is 24.5. The van der Waals surface area contributed by atoms with Gasteiger partial charge in [-0.25, -0.2) is 4.79 Å². The molecular weight excluding hydrogens is 727 g/mol. The van der Waals surface area contributed by atoms with Crippen molar-refractivity contribution < 1.29 is 19.7 Å². The SMILES string of the molecule is CCCCCCCCCCCCCCCCCc1ccc(C(=O)Oc2ccc3c(c2O)C2(/C=C/O)CC4(C3)CN(CC3CC3)C4C23CCC(C)(C(C)C(C)(C)C)C3)cc1. The Labute approximate surface area is 359 Å². The first kappa shape index (κ1) is 44.3. The van der Waals surface area contributed by atoms with Gasteiger partial charge in [-0.2, -0.15) is 0 Å². The van der Waals surface area contributed by atoms with Crippen molar-refractivity contribution in [1.82, 2.24) is 4.90 Å². The van der Waals surface area contributed by atoms with Crippen molar-refractivity contribution in [2.45, 2.75) is 201 Å². The molecule has 2 N–H and O–H groups in total. The summed E-state index contributed by atoms with van der Waals surface area (Å²) in [6.45, 7) is 16.6. The van der Waals surface area contributed by atoms with Gasteiger partial charge in [-0.15, -0.1) is 0 Å². The smallest absolute Gasteiger partial charge is 0.343 e. The molecule has 5 aliphatic rings. The fourth-order valence-electron chi connectivity index (χ4n) is 13.5. The average molecular weight is 808 g/mol. The average Bonchev–Trinajstić information content (AvgIpc) is 3.93. The number of hydrogen-bond donors (Lipinski definition) is 2. The van der Waals surface area contributed by atoms with Crippen LogP contribution in [0.4, 0.5) is 0 Å². The highest BCUT2D eigenvalue weighted by Crippen LogP contribution is 2.79. The number of phenols is 1. The lowest BCUT2D eigenvalue weighted by Gasteiger charge is -2.59. The van der Waals surface area contributed by atoms with Crippen LogP contribution in [0.15, 0.2) is 48.7 Å². The zero-order chi connectivity index (χ0) is 41.9. The molecule has 2 aromatic carbocycles. The molecule has 6 atom stereocenters. The molecule has 7 rings (SSSR count). The molecule has 1 saturated heterocycles. The number of hydrogen-bond acceptors (Lipinski definition) is 5. The molecule has 2 spiro atoms. The number of carbonyl (C=O) groups is 1. The highest BCUT2D eigenvalue weighted by atomic mass is 16.5. The van der Waals surface area contributed by atoms with Gasteiger partial charge < -0.3 is 14.9 Å².